The zero-order valence-electron chi connectivity index (χ0n) is 16.7. The molecule has 0 atom stereocenters. The van der Waals surface area contributed by atoms with Gasteiger partial charge in [-0.2, -0.15) is 0 Å². The van der Waals surface area contributed by atoms with E-state index in [0.29, 0.717) is 35.9 Å². The Balaban J connectivity index is 1.80. The molecule has 1 aliphatic rings. The minimum atomic E-state index is -0.0377. The lowest BCUT2D eigenvalue weighted by Crippen LogP contribution is -2.37. The summed E-state index contributed by atoms with van der Waals surface area (Å²) in [5, 5.41) is 0. The first-order chi connectivity index (χ1) is 13.5. The molecule has 0 spiro atoms. The van der Waals surface area contributed by atoms with Crippen molar-refractivity contribution in [3.8, 4) is 17.2 Å². The first-order valence-electron chi connectivity index (χ1n) is 9.16. The minimum Gasteiger partial charge on any atom is -0.496 e. The summed E-state index contributed by atoms with van der Waals surface area (Å²) < 4.78 is 16.1. The fraction of sp³-hybridized carbons (Fsp3) is 0.364. The summed E-state index contributed by atoms with van der Waals surface area (Å²) in [4.78, 5) is 26.4. The van der Waals surface area contributed by atoms with Crippen molar-refractivity contribution in [1.82, 2.24) is 4.90 Å². The molecule has 1 heterocycles. The van der Waals surface area contributed by atoms with E-state index in [0.717, 1.165) is 23.1 Å². The van der Waals surface area contributed by atoms with Crippen LogP contribution >= 0.6 is 0 Å². The van der Waals surface area contributed by atoms with Gasteiger partial charge >= 0.3 is 0 Å². The average molecular weight is 383 g/mol. The molecule has 1 aliphatic heterocycles. The number of Topliss-reactive ketones (excluding diaryl/α,β-unsaturated/α-hetero) is 1. The molecule has 3 rings (SSSR count). The molecule has 6 nitrogen and oxygen atoms in total. The fourth-order valence-electron chi connectivity index (χ4n) is 3.51. The molecule has 0 unspecified atom stereocenters. The predicted octanol–water partition coefficient (Wildman–Crippen LogP) is 3.04. The van der Waals surface area contributed by atoms with Crippen LogP contribution in [0.3, 0.4) is 0 Å². The number of ketones is 1. The smallest absolute Gasteiger partial charge is 0.227 e. The van der Waals surface area contributed by atoms with Crippen molar-refractivity contribution in [3.63, 3.8) is 0 Å². The van der Waals surface area contributed by atoms with E-state index >= 15 is 0 Å². The highest BCUT2D eigenvalue weighted by Gasteiger charge is 2.24. The summed E-state index contributed by atoms with van der Waals surface area (Å²) in [6, 6.07) is 9.11. The fourth-order valence-corrected chi connectivity index (χ4v) is 3.51. The average Bonchev–Trinajstić information content (AvgIpc) is 2.71. The van der Waals surface area contributed by atoms with Gasteiger partial charge in [0.2, 0.25) is 5.91 Å². The van der Waals surface area contributed by atoms with Crippen molar-refractivity contribution in [2.45, 2.75) is 26.3 Å². The summed E-state index contributed by atoms with van der Waals surface area (Å²) in [6.07, 6.45) is 0.943. The van der Waals surface area contributed by atoms with Crippen molar-refractivity contribution in [3.05, 3.63) is 52.6 Å². The van der Waals surface area contributed by atoms with Gasteiger partial charge in [0, 0.05) is 24.2 Å². The van der Waals surface area contributed by atoms with Gasteiger partial charge in [0.05, 0.1) is 27.8 Å². The van der Waals surface area contributed by atoms with Gasteiger partial charge in [0.15, 0.2) is 17.3 Å². The monoisotopic (exact) mass is 383 g/mol. The van der Waals surface area contributed by atoms with Crippen LogP contribution in [0.5, 0.6) is 17.2 Å². The normalized spacial score (nSPS) is 12.9. The zero-order chi connectivity index (χ0) is 20.3. The van der Waals surface area contributed by atoms with E-state index in [4.69, 9.17) is 14.2 Å². The number of methoxy groups -OCH3 is 3. The maximum Gasteiger partial charge on any atom is 0.227 e. The van der Waals surface area contributed by atoms with Crippen LogP contribution in [-0.2, 0) is 24.2 Å². The minimum absolute atomic E-state index is 0.000521. The number of hydrogen-bond acceptors (Lipinski definition) is 5. The second kappa shape index (κ2) is 8.33. The van der Waals surface area contributed by atoms with E-state index in [2.05, 4.69) is 0 Å². The number of rotatable bonds is 6. The maximum atomic E-state index is 12.9. The summed E-state index contributed by atoms with van der Waals surface area (Å²) in [6.45, 7) is 2.66. The highest BCUT2D eigenvalue weighted by Crippen LogP contribution is 2.33. The predicted molar refractivity (Wildman–Crippen MR) is 105 cm³/mol. The number of fused-ring (bicyclic) bond motifs is 1. The van der Waals surface area contributed by atoms with Gasteiger partial charge in [-0.25, -0.2) is 0 Å². The van der Waals surface area contributed by atoms with Crippen LogP contribution in [0.4, 0.5) is 0 Å². The van der Waals surface area contributed by atoms with Crippen LogP contribution in [0.15, 0.2) is 30.3 Å². The van der Waals surface area contributed by atoms with Gasteiger partial charge in [-0.3, -0.25) is 9.59 Å². The second-order valence-electron chi connectivity index (χ2n) is 6.80. The first kappa shape index (κ1) is 19.7. The van der Waals surface area contributed by atoms with Gasteiger partial charge < -0.3 is 19.1 Å². The summed E-state index contributed by atoms with van der Waals surface area (Å²) in [5.74, 6) is 1.93. The summed E-state index contributed by atoms with van der Waals surface area (Å²) >= 11 is 0. The molecule has 0 aromatic heterocycles. The number of carbonyl (C=O) groups is 2. The molecule has 28 heavy (non-hydrogen) atoms. The number of carbonyl (C=O) groups excluding carboxylic acids is 2. The highest BCUT2D eigenvalue weighted by molar-refractivity contribution is 5.94. The molecule has 0 N–H and O–H groups in total. The SMILES string of the molecule is COc1ccc(C(C)=O)cc1CC(=O)N1CCc2cc(OC)c(OC)cc2C1. The lowest BCUT2D eigenvalue weighted by atomic mass is 9.97. The number of benzene rings is 2. The van der Waals surface area contributed by atoms with E-state index in [1.165, 1.54) is 6.92 Å². The molecule has 0 saturated carbocycles. The topological polar surface area (TPSA) is 65.1 Å². The molecular formula is C22H25NO5. The molecule has 2 aromatic carbocycles. The van der Waals surface area contributed by atoms with Crippen molar-refractivity contribution >= 4 is 11.7 Å². The Morgan fingerprint density at radius 1 is 0.929 bits per heavy atom. The van der Waals surface area contributed by atoms with Crippen molar-refractivity contribution < 1.29 is 23.8 Å². The number of nitrogens with zero attached hydrogens (tertiary/aromatic N) is 1. The molecule has 0 fully saturated rings. The Kier molecular flexibility index (Phi) is 5.87. The Labute approximate surface area is 165 Å². The third-order valence-electron chi connectivity index (χ3n) is 5.10. The molecule has 2 aromatic rings. The molecular weight excluding hydrogens is 358 g/mol. The lowest BCUT2D eigenvalue weighted by molar-refractivity contribution is -0.131. The largest absolute Gasteiger partial charge is 0.496 e. The van der Waals surface area contributed by atoms with Gasteiger partial charge in [-0.05, 0) is 54.8 Å². The zero-order valence-corrected chi connectivity index (χ0v) is 16.7. The van der Waals surface area contributed by atoms with E-state index in [9.17, 15) is 9.59 Å². The first-order valence-corrected chi connectivity index (χ1v) is 9.16. The second-order valence-corrected chi connectivity index (χ2v) is 6.80. The van der Waals surface area contributed by atoms with Crippen LogP contribution in [-0.4, -0.2) is 44.5 Å². The Hall–Kier alpha value is -3.02. The van der Waals surface area contributed by atoms with Gasteiger partial charge in [-0.1, -0.05) is 0 Å². The summed E-state index contributed by atoms with van der Waals surface area (Å²) in [5.41, 5.74) is 3.52. The van der Waals surface area contributed by atoms with Crippen LogP contribution in [0.25, 0.3) is 0 Å². The molecule has 148 valence electrons. The third-order valence-corrected chi connectivity index (χ3v) is 5.10. The Bertz CT molecular complexity index is 906. The van der Waals surface area contributed by atoms with Crippen molar-refractivity contribution in [2.75, 3.05) is 27.9 Å². The molecule has 0 bridgehead atoms. The van der Waals surface area contributed by atoms with Crippen LogP contribution in [0.1, 0.15) is 34.0 Å². The Morgan fingerprint density at radius 3 is 2.18 bits per heavy atom. The van der Waals surface area contributed by atoms with Crippen LogP contribution in [0, 0.1) is 0 Å². The molecule has 6 heteroatoms. The molecule has 1 amide bonds. The van der Waals surface area contributed by atoms with E-state index in [1.807, 2.05) is 17.0 Å². The Morgan fingerprint density at radius 2 is 1.57 bits per heavy atom. The quantitative estimate of drug-likeness (QED) is 0.718. The maximum absolute atomic E-state index is 12.9. The van der Waals surface area contributed by atoms with E-state index in [1.54, 1.807) is 39.5 Å². The van der Waals surface area contributed by atoms with Crippen LogP contribution < -0.4 is 14.2 Å². The standard InChI is InChI=1S/C22H25NO5/c1-14(24)15-5-6-19(26-2)17(9-15)12-22(25)23-8-7-16-10-20(27-3)21(28-4)11-18(16)13-23/h5-6,9-11H,7-8,12-13H2,1-4H3. The van der Waals surface area contributed by atoms with Gasteiger partial charge in [-0.15, -0.1) is 0 Å². The highest BCUT2D eigenvalue weighted by atomic mass is 16.5. The number of hydrogen-bond donors (Lipinski definition) is 0. The van der Waals surface area contributed by atoms with Gasteiger partial charge in [0.1, 0.15) is 5.75 Å². The van der Waals surface area contributed by atoms with E-state index in [-0.39, 0.29) is 18.1 Å². The van der Waals surface area contributed by atoms with E-state index < -0.39 is 0 Å². The van der Waals surface area contributed by atoms with Gasteiger partial charge in [0.25, 0.3) is 0 Å². The molecule has 0 aliphatic carbocycles. The summed E-state index contributed by atoms with van der Waals surface area (Å²) in [7, 11) is 4.78. The molecule has 0 saturated heterocycles. The third kappa shape index (κ3) is 3.96. The van der Waals surface area contributed by atoms with Crippen molar-refractivity contribution in [1.29, 1.82) is 0 Å². The van der Waals surface area contributed by atoms with Crippen molar-refractivity contribution in [2.24, 2.45) is 0 Å². The molecule has 0 radical (unpaired) electrons. The number of ether oxygens (including phenoxy) is 3. The lowest BCUT2D eigenvalue weighted by Gasteiger charge is -2.30. The van der Waals surface area contributed by atoms with Crippen LogP contribution in [0.2, 0.25) is 0 Å². The number of amides is 1.